The molecule has 1 aromatic carbocycles. The molecule has 0 atom stereocenters. The van der Waals surface area contributed by atoms with Crippen LogP contribution in [0.4, 0.5) is 0 Å². The van der Waals surface area contributed by atoms with Gasteiger partial charge in [0.15, 0.2) is 0 Å². The molecule has 5 nitrogen and oxygen atoms in total. The number of hydrogen-bond donors (Lipinski definition) is 0. The first kappa shape index (κ1) is 19.1. The number of carbonyl (C=O) groups is 1. The topological polar surface area (TPSA) is 51.0 Å². The second kappa shape index (κ2) is 8.82. The van der Waals surface area contributed by atoms with Crippen molar-refractivity contribution in [2.24, 2.45) is 5.92 Å². The lowest BCUT2D eigenvalue weighted by Crippen LogP contribution is -2.34. The van der Waals surface area contributed by atoms with E-state index in [0.29, 0.717) is 24.7 Å². The van der Waals surface area contributed by atoms with Crippen molar-refractivity contribution in [2.75, 3.05) is 0 Å². The summed E-state index contributed by atoms with van der Waals surface area (Å²) in [5, 5.41) is 0.712. The van der Waals surface area contributed by atoms with Crippen molar-refractivity contribution in [3.63, 3.8) is 0 Å². The number of nitrogens with zero attached hydrogens (tertiary/aromatic N) is 4. The molecule has 2 aromatic heterocycles. The normalized spacial score (nSPS) is 11.0. The molecule has 0 fully saturated rings. The molecule has 1 amide bonds. The largest absolute Gasteiger partial charge is 0.331 e. The zero-order valence-corrected chi connectivity index (χ0v) is 16.3. The number of halogens is 1. The van der Waals surface area contributed by atoms with E-state index in [1.165, 1.54) is 0 Å². The summed E-state index contributed by atoms with van der Waals surface area (Å²) in [6.07, 6.45) is 7.19. The number of imidazole rings is 1. The van der Waals surface area contributed by atoms with Crippen molar-refractivity contribution < 1.29 is 4.79 Å². The average molecular weight is 383 g/mol. The van der Waals surface area contributed by atoms with Gasteiger partial charge in [0.25, 0.3) is 0 Å². The predicted octanol–water partition coefficient (Wildman–Crippen LogP) is 4.16. The van der Waals surface area contributed by atoms with Crippen LogP contribution in [0.1, 0.15) is 30.8 Å². The lowest BCUT2D eigenvalue weighted by atomic mass is 10.1. The Labute approximate surface area is 164 Å². The highest BCUT2D eigenvalue weighted by atomic mass is 35.5. The molecule has 0 N–H and O–H groups in total. The van der Waals surface area contributed by atoms with Crippen LogP contribution in [0.3, 0.4) is 0 Å². The molecule has 0 saturated carbocycles. The van der Waals surface area contributed by atoms with Crippen LogP contribution < -0.4 is 0 Å². The molecule has 0 aliphatic carbocycles. The van der Waals surface area contributed by atoms with Gasteiger partial charge in [-0.15, -0.1) is 0 Å². The highest BCUT2D eigenvalue weighted by molar-refractivity contribution is 6.30. The summed E-state index contributed by atoms with van der Waals surface area (Å²) in [6.45, 7) is 5.48. The summed E-state index contributed by atoms with van der Waals surface area (Å²) in [5.74, 6) is 0.866. The number of rotatable bonds is 7. The maximum absolute atomic E-state index is 12.7. The first-order valence-electron chi connectivity index (χ1n) is 8.95. The third-order valence-electron chi connectivity index (χ3n) is 4.30. The lowest BCUT2D eigenvalue weighted by Gasteiger charge is -2.25. The summed E-state index contributed by atoms with van der Waals surface area (Å²) < 4.78 is 2.05. The molecule has 0 aliphatic rings. The van der Waals surface area contributed by atoms with Gasteiger partial charge >= 0.3 is 0 Å². The fourth-order valence-electron chi connectivity index (χ4n) is 2.92. The fraction of sp³-hybridized carbons (Fsp3) is 0.286. The first-order valence-corrected chi connectivity index (χ1v) is 9.33. The Balaban J connectivity index is 1.80. The number of hydrogen-bond acceptors (Lipinski definition) is 3. The van der Waals surface area contributed by atoms with E-state index < -0.39 is 0 Å². The molecule has 6 heteroatoms. The Morgan fingerprint density at radius 3 is 2.59 bits per heavy atom. The minimum Gasteiger partial charge on any atom is -0.331 e. The van der Waals surface area contributed by atoms with Crippen molar-refractivity contribution in [3.05, 3.63) is 83.2 Å². The van der Waals surface area contributed by atoms with Gasteiger partial charge < -0.3 is 9.47 Å². The van der Waals surface area contributed by atoms with Gasteiger partial charge in [-0.25, -0.2) is 4.98 Å². The van der Waals surface area contributed by atoms with E-state index in [4.69, 9.17) is 11.6 Å². The molecule has 140 valence electrons. The zero-order valence-electron chi connectivity index (χ0n) is 15.5. The van der Waals surface area contributed by atoms with Crippen LogP contribution in [0, 0.1) is 5.92 Å². The van der Waals surface area contributed by atoms with Crippen LogP contribution in [0.15, 0.2) is 61.2 Å². The zero-order chi connectivity index (χ0) is 19.2. The van der Waals surface area contributed by atoms with Crippen molar-refractivity contribution in [2.45, 2.75) is 33.5 Å². The number of aromatic nitrogens is 3. The molecule has 3 aromatic rings. The Morgan fingerprint density at radius 1 is 1.11 bits per heavy atom. The summed E-state index contributed by atoms with van der Waals surface area (Å²) in [4.78, 5) is 23.1. The second-order valence-corrected chi connectivity index (χ2v) is 7.24. The third-order valence-corrected chi connectivity index (χ3v) is 4.54. The van der Waals surface area contributed by atoms with E-state index in [1.807, 2.05) is 61.3 Å². The summed E-state index contributed by atoms with van der Waals surface area (Å²) in [7, 11) is 0. The van der Waals surface area contributed by atoms with Crippen LogP contribution in [0.5, 0.6) is 0 Å². The number of carbonyl (C=O) groups excluding carboxylic acids is 1. The lowest BCUT2D eigenvalue weighted by molar-refractivity contribution is -0.135. The van der Waals surface area contributed by atoms with Crippen molar-refractivity contribution >= 4 is 17.5 Å². The highest BCUT2D eigenvalue weighted by Crippen LogP contribution is 2.16. The molecule has 0 unspecified atom stereocenters. The Bertz CT molecular complexity index is 892. The van der Waals surface area contributed by atoms with E-state index in [0.717, 1.165) is 17.0 Å². The molecular weight excluding hydrogens is 360 g/mol. The Kier molecular flexibility index (Phi) is 6.24. The summed E-state index contributed by atoms with van der Waals surface area (Å²) in [5.41, 5.74) is 2.14. The van der Waals surface area contributed by atoms with Gasteiger partial charge in [0.1, 0.15) is 5.82 Å². The maximum atomic E-state index is 12.7. The quantitative estimate of drug-likeness (QED) is 0.616. The van der Waals surface area contributed by atoms with Crippen LogP contribution in [-0.4, -0.2) is 25.3 Å². The van der Waals surface area contributed by atoms with Gasteiger partial charge in [-0.3, -0.25) is 9.78 Å². The molecule has 0 radical (unpaired) electrons. The second-order valence-electron chi connectivity index (χ2n) is 6.81. The van der Waals surface area contributed by atoms with E-state index in [2.05, 4.69) is 14.5 Å². The monoisotopic (exact) mass is 382 g/mol. The van der Waals surface area contributed by atoms with Crippen LogP contribution in [0.2, 0.25) is 5.02 Å². The number of benzene rings is 1. The Hall–Kier alpha value is -2.66. The van der Waals surface area contributed by atoms with Crippen LogP contribution in [0.25, 0.3) is 0 Å². The molecular formula is C21H23ClN4O. The summed E-state index contributed by atoms with van der Waals surface area (Å²) >= 11 is 6.09. The first-order chi connectivity index (χ1) is 13.0. The molecule has 0 spiro atoms. The van der Waals surface area contributed by atoms with Crippen LogP contribution >= 0.6 is 11.6 Å². The van der Waals surface area contributed by atoms with Gasteiger partial charge in [0, 0.05) is 48.8 Å². The SMILES string of the molecule is CC(C)C(=O)N(Cc1ccncc1)Cc1nccn1Cc1cccc(Cl)c1. The van der Waals surface area contributed by atoms with E-state index in [9.17, 15) is 4.79 Å². The molecule has 2 heterocycles. The van der Waals surface area contributed by atoms with Gasteiger partial charge in [0.2, 0.25) is 5.91 Å². The maximum Gasteiger partial charge on any atom is 0.225 e. The minimum absolute atomic E-state index is 0.0804. The molecule has 0 bridgehead atoms. The van der Waals surface area contributed by atoms with Gasteiger partial charge in [-0.05, 0) is 35.4 Å². The third kappa shape index (κ3) is 5.17. The highest BCUT2D eigenvalue weighted by Gasteiger charge is 2.20. The van der Waals surface area contributed by atoms with Gasteiger partial charge in [-0.2, -0.15) is 0 Å². The molecule has 27 heavy (non-hydrogen) atoms. The minimum atomic E-state index is -0.0804. The molecule has 0 aliphatic heterocycles. The Morgan fingerprint density at radius 2 is 1.89 bits per heavy atom. The van der Waals surface area contributed by atoms with Crippen molar-refractivity contribution in [3.8, 4) is 0 Å². The fourth-order valence-corrected chi connectivity index (χ4v) is 3.14. The molecule has 3 rings (SSSR count). The van der Waals surface area contributed by atoms with Crippen molar-refractivity contribution in [1.82, 2.24) is 19.4 Å². The predicted molar refractivity (Wildman–Crippen MR) is 106 cm³/mol. The van der Waals surface area contributed by atoms with E-state index >= 15 is 0 Å². The molecule has 0 saturated heterocycles. The smallest absolute Gasteiger partial charge is 0.225 e. The van der Waals surface area contributed by atoms with Crippen molar-refractivity contribution in [1.29, 1.82) is 0 Å². The van der Waals surface area contributed by atoms with E-state index in [1.54, 1.807) is 18.6 Å². The summed E-state index contributed by atoms with van der Waals surface area (Å²) in [6, 6.07) is 11.6. The average Bonchev–Trinajstić information content (AvgIpc) is 3.08. The van der Waals surface area contributed by atoms with Gasteiger partial charge in [0.05, 0.1) is 6.54 Å². The van der Waals surface area contributed by atoms with E-state index in [-0.39, 0.29) is 11.8 Å². The van der Waals surface area contributed by atoms with Gasteiger partial charge in [-0.1, -0.05) is 37.6 Å². The van der Waals surface area contributed by atoms with Crippen LogP contribution in [-0.2, 0) is 24.4 Å². The standard InChI is InChI=1S/C21H23ClN4O/c1-16(2)21(27)26(13-17-6-8-23-9-7-17)15-20-24-10-11-25(20)14-18-4-3-5-19(22)12-18/h3-12,16H,13-15H2,1-2H3. The number of amides is 1. The number of pyridine rings is 1.